The van der Waals surface area contributed by atoms with Crippen molar-refractivity contribution in [3.05, 3.63) is 59.7 Å². The number of rotatable bonds is 3. The molecule has 104 valence electrons. The standard InChI is InChI=1S/C15H10FN3O2/c16-13-7-12(20)3-4-14(13)19-15(21)11(8-17)6-10-2-1-5-18-9-10/h1-7,9,20H,(H,19,21). The first kappa shape index (κ1) is 14.2. The molecule has 0 radical (unpaired) electrons. The van der Waals surface area contributed by atoms with Crippen LogP contribution >= 0.6 is 0 Å². The third kappa shape index (κ3) is 3.64. The van der Waals surface area contributed by atoms with Gasteiger partial charge in [0.1, 0.15) is 23.2 Å². The number of carbonyl (C=O) groups excluding carboxylic acids is 1. The number of pyridine rings is 1. The highest BCUT2D eigenvalue weighted by molar-refractivity contribution is 6.09. The van der Waals surface area contributed by atoms with Gasteiger partial charge in [0, 0.05) is 18.5 Å². The Morgan fingerprint density at radius 1 is 1.43 bits per heavy atom. The van der Waals surface area contributed by atoms with Gasteiger partial charge >= 0.3 is 0 Å². The van der Waals surface area contributed by atoms with Gasteiger partial charge in [-0.05, 0) is 29.8 Å². The summed E-state index contributed by atoms with van der Waals surface area (Å²) in [5.74, 6) is -1.79. The van der Waals surface area contributed by atoms with Crippen molar-refractivity contribution in [1.29, 1.82) is 5.26 Å². The summed E-state index contributed by atoms with van der Waals surface area (Å²) >= 11 is 0. The van der Waals surface area contributed by atoms with Crippen molar-refractivity contribution in [3.8, 4) is 11.8 Å². The zero-order valence-corrected chi connectivity index (χ0v) is 10.7. The van der Waals surface area contributed by atoms with Gasteiger partial charge in [-0.2, -0.15) is 5.26 Å². The highest BCUT2D eigenvalue weighted by Crippen LogP contribution is 2.20. The fourth-order valence-corrected chi connectivity index (χ4v) is 1.57. The lowest BCUT2D eigenvalue weighted by molar-refractivity contribution is -0.112. The maximum Gasteiger partial charge on any atom is 0.266 e. The van der Waals surface area contributed by atoms with Crippen molar-refractivity contribution in [2.75, 3.05) is 5.32 Å². The minimum atomic E-state index is -0.790. The minimum absolute atomic E-state index is 0.120. The van der Waals surface area contributed by atoms with Crippen LogP contribution in [-0.2, 0) is 4.79 Å². The molecule has 5 nitrogen and oxygen atoms in total. The predicted octanol–water partition coefficient (Wildman–Crippen LogP) is 2.47. The summed E-state index contributed by atoms with van der Waals surface area (Å²) in [6.45, 7) is 0. The van der Waals surface area contributed by atoms with Crippen molar-refractivity contribution >= 4 is 17.7 Å². The van der Waals surface area contributed by atoms with E-state index >= 15 is 0 Å². The van der Waals surface area contributed by atoms with Gasteiger partial charge in [-0.3, -0.25) is 9.78 Å². The fourth-order valence-electron chi connectivity index (χ4n) is 1.57. The molecule has 2 N–H and O–H groups in total. The molecule has 2 aromatic rings. The largest absolute Gasteiger partial charge is 0.508 e. The summed E-state index contributed by atoms with van der Waals surface area (Å²) < 4.78 is 13.5. The van der Waals surface area contributed by atoms with Gasteiger partial charge in [0.05, 0.1) is 5.69 Å². The lowest BCUT2D eigenvalue weighted by Gasteiger charge is -2.05. The molecule has 0 aliphatic heterocycles. The molecule has 0 spiro atoms. The van der Waals surface area contributed by atoms with Crippen LogP contribution in [0.25, 0.3) is 6.08 Å². The second kappa shape index (κ2) is 6.30. The third-order valence-electron chi connectivity index (χ3n) is 2.56. The van der Waals surface area contributed by atoms with Gasteiger partial charge in [-0.1, -0.05) is 6.07 Å². The normalized spacial score (nSPS) is 10.8. The van der Waals surface area contributed by atoms with Crippen LogP contribution in [0.5, 0.6) is 5.75 Å². The molecule has 0 aliphatic rings. The van der Waals surface area contributed by atoms with E-state index in [0.717, 1.165) is 6.07 Å². The number of amides is 1. The second-order valence-corrected chi connectivity index (χ2v) is 4.07. The van der Waals surface area contributed by atoms with E-state index in [9.17, 15) is 9.18 Å². The number of halogens is 1. The van der Waals surface area contributed by atoms with E-state index in [1.807, 2.05) is 0 Å². The molecule has 0 saturated heterocycles. The van der Waals surface area contributed by atoms with Gasteiger partial charge in [0.2, 0.25) is 0 Å². The Labute approximate surface area is 120 Å². The molecule has 1 heterocycles. The van der Waals surface area contributed by atoms with Crippen LogP contribution in [0, 0.1) is 17.1 Å². The van der Waals surface area contributed by atoms with E-state index in [4.69, 9.17) is 10.4 Å². The fraction of sp³-hybridized carbons (Fsp3) is 0. The highest BCUT2D eigenvalue weighted by atomic mass is 19.1. The first-order valence-corrected chi connectivity index (χ1v) is 5.92. The van der Waals surface area contributed by atoms with Crippen molar-refractivity contribution < 1.29 is 14.3 Å². The van der Waals surface area contributed by atoms with Crippen molar-refractivity contribution in [1.82, 2.24) is 4.98 Å². The number of hydrogen-bond acceptors (Lipinski definition) is 4. The zero-order chi connectivity index (χ0) is 15.2. The van der Waals surface area contributed by atoms with E-state index in [0.29, 0.717) is 5.56 Å². The van der Waals surface area contributed by atoms with Crippen molar-refractivity contribution in [2.45, 2.75) is 0 Å². The molecule has 1 aromatic heterocycles. The number of aromatic nitrogens is 1. The SMILES string of the molecule is N#CC(=Cc1cccnc1)C(=O)Nc1ccc(O)cc1F. The molecule has 0 aliphatic carbocycles. The average molecular weight is 283 g/mol. The molecular weight excluding hydrogens is 273 g/mol. The Morgan fingerprint density at radius 3 is 2.86 bits per heavy atom. The van der Waals surface area contributed by atoms with Crippen LogP contribution in [0.15, 0.2) is 48.3 Å². The smallest absolute Gasteiger partial charge is 0.266 e. The number of aromatic hydroxyl groups is 1. The van der Waals surface area contributed by atoms with E-state index < -0.39 is 11.7 Å². The van der Waals surface area contributed by atoms with E-state index in [1.54, 1.807) is 24.4 Å². The molecule has 1 aromatic carbocycles. The van der Waals surface area contributed by atoms with Gasteiger partial charge in [0.15, 0.2) is 0 Å². The molecule has 1 amide bonds. The summed E-state index contributed by atoms with van der Waals surface area (Å²) in [6.07, 6.45) is 4.40. The average Bonchev–Trinajstić information content (AvgIpc) is 2.48. The molecule has 0 saturated carbocycles. The van der Waals surface area contributed by atoms with Gasteiger partial charge in [-0.25, -0.2) is 4.39 Å². The van der Waals surface area contributed by atoms with Gasteiger partial charge in [0.25, 0.3) is 5.91 Å². The number of phenols is 1. The molecule has 2 rings (SSSR count). The number of benzene rings is 1. The highest BCUT2D eigenvalue weighted by Gasteiger charge is 2.12. The Bertz CT molecular complexity index is 736. The monoisotopic (exact) mass is 283 g/mol. The number of carbonyl (C=O) groups is 1. The van der Waals surface area contributed by atoms with Gasteiger partial charge in [-0.15, -0.1) is 0 Å². The maximum atomic E-state index is 13.5. The van der Waals surface area contributed by atoms with Crippen LogP contribution in [-0.4, -0.2) is 16.0 Å². The number of nitrogens with zero attached hydrogens (tertiary/aromatic N) is 2. The number of hydrogen-bond donors (Lipinski definition) is 2. The number of phenolic OH excluding ortho intramolecular Hbond substituents is 1. The molecule has 21 heavy (non-hydrogen) atoms. The third-order valence-corrected chi connectivity index (χ3v) is 2.56. The van der Waals surface area contributed by atoms with Crippen LogP contribution in [0.4, 0.5) is 10.1 Å². The van der Waals surface area contributed by atoms with E-state index in [1.165, 1.54) is 24.4 Å². The molecule has 0 bridgehead atoms. The Hall–Kier alpha value is -3.20. The molecule has 0 fully saturated rings. The maximum absolute atomic E-state index is 13.5. The van der Waals surface area contributed by atoms with E-state index in [2.05, 4.69) is 10.3 Å². The Kier molecular flexibility index (Phi) is 4.26. The summed E-state index contributed by atoms with van der Waals surface area (Å²) in [5, 5.41) is 20.4. The van der Waals surface area contributed by atoms with Gasteiger partial charge < -0.3 is 10.4 Å². The lowest BCUT2D eigenvalue weighted by atomic mass is 10.1. The molecule has 0 unspecified atom stereocenters. The van der Waals surface area contributed by atoms with Crippen molar-refractivity contribution in [3.63, 3.8) is 0 Å². The Morgan fingerprint density at radius 2 is 2.24 bits per heavy atom. The summed E-state index contributed by atoms with van der Waals surface area (Å²) in [6, 6.07) is 8.40. The van der Waals surface area contributed by atoms with Crippen molar-refractivity contribution in [2.24, 2.45) is 0 Å². The first-order valence-electron chi connectivity index (χ1n) is 5.92. The molecule has 0 atom stereocenters. The van der Waals surface area contributed by atoms with E-state index in [-0.39, 0.29) is 17.0 Å². The number of nitrogens with one attached hydrogen (secondary N) is 1. The molecule has 6 heteroatoms. The number of anilines is 1. The summed E-state index contributed by atoms with van der Waals surface area (Å²) in [7, 11) is 0. The molecular formula is C15H10FN3O2. The zero-order valence-electron chi connectivity index (χ0n) is 10.7. The number of nitriles is 1. The first-order chi connectivity index (χ1) is 10.1. The van der Waals surface area contributed by atoms with Crippen LogP contribution < -0.4 is 5.32 Å². The van der Waals surface area contributed by atoms with Crippen LogP contribution in [0.1, 0.15) is 5.56 Å². The minimum Gasteiger partial charge on any atom is -0.508 e. The van der Waals surface area contributed by atoms with Crippen LogP contribution in [0.2, 0.25) is 0 Å². The lowest BCUT2D eigenvalue weighted by Crippen LogP contribution is -2.14. The summed E-state index contributed by atoms with van der Waals surface area (Å²) in [4.78, 5) is 15.8. The predicted molar refractivity (Wildman–Crippen MR) is 74.5 cm³/mol. The van der Waals surface area contributed by atoms with Crippen LogP contribution in [0.3, 0.4) is 0 Å². The Balaban J connectivity index is 2.22. The summed E-state index contributed by atoms with van der Waals surface area (Å²) in [5.41, 5.74) is 0.274. The topological polar surface area (TPSA) is 86.0 Å². The second-order valence-electron chi connectivity index (χ2n) is 4.07. The quantitative estimate of drug-likeness (QED) is 0.514.